The monoisotopic (exact) mass is 331 g/mol. The number of alkyl halides is 1. The van der Waals surface area contributed by atoms with Crippen LogP contribution in [0.2, 0.25) is 0 Å². The minimum absolute atomic E-state index is 0.0462. The van der Waals surface area contributed by atoms with Gasteiger partial charge >= 0.3 is 0 Å². The average molecular weight is 331 g/mol. The Morgan fingerprint density at radius 3 is 2.88 bits per heavy atom. The fourth-order valence-corrected chi connectivity index (χ4v) is 4.17. The van der Waals surface area contributed by atoms with Crippen LogP contribution >= 0.6 is 0 Å². The molecule has 6 heteroatoms. The Hall–Kier alpha value is -1.98. The van der Waals surface area contributed by atoms with E-state index in [9.17, 15) is 14.0 Å². The van der Waals surface area contributed by atoms with Crippen molar-refractivity contribution in [1.29, 1.82) is 0 Å². The minimum Gasteiger partial charge on any atom is -0.341 e. The van der Waals surface area contributed by atoms with Gasteiger partial charge in [0, 0.05) is 44.5 Å². The molecule has 3 aliphatic rings. The number of carbonyl (C=O) groups is 2. The first-order valence-corrected chi connectivity index (χ1v) is 8.72. The van der Waals surface area contributed by atoms with Gasteiger partial charge in [-0.15, -0.1) is 0 Å². The van der Waals surface area contributed by atoms with Crippen molar-refractivity contribution in [1.82, 2.24) is 14.8 Å². The van der Waals surface area contributed by atoms with Crippen molar-refractivity contribution in [2.75, 3.05) is 19.6 Å². The summed E-state index contributed by atoms with van der Waals surface area (Å²) in [6.07, 6.45) is 4.32. The number of halogens is 1. The van der Waals surface area contributed by atoms with Crippen LogP contribution in [0.3, 0.4) is 0 Å². The molecule has 2 aliphatic heterocycles. The summed E-state index contributed by atoms with van der Waals surface area (Å²) in [4.78, 5) is 33.0. The quantitative estimate of drug-likeness (QED) is 0.846. The molecule has 2 amide bonds. The van der Waals surface area contributed by atoms with Crippen LogP contribution in [0.15, 0.2) is 24.5 Å². The molecule has 0 spiro atoms. The number of amides is 2. The molecule has 1 aromatic rings. The second kappa shape index (κ2) is 6.15. The molecule has 4 rings (SSSR count). The molecule has 3 heterocycles. The molecule has 2 atom stereocenters. The third kappa shape index (κ3) is 2.78. The molecule has 0 bridgehead atoms. The van der Waals surface area contributed by atoms with Crippen molar-refractivity contribution >= 4 is 11.8 Å². The third-order valence-corrected chi connectivity index (χ3v) is 5.68. The van der Waals surface area contributed by atoms with Crippen molar-refractivity contribution < 1.29 is 14.0 Å². The van der Waals surface area contributed by atoms with Crippen LogP contribution in [0.5, 0.6) is 0 Å². The number of fused-ring (bicyclic) bond motifs is 1. The van der Waals surface area contributed by atoms with Gasteiger partial charge in [0.15, 0.2) is 0 Å². The van der Waals surface area contributed by atoms with E-state index in [0.29, 0.717) is 32.5 Å². The number of carbonyl (C=O) groups excluding carboxylic acids is 2. The maximum absolute atomic E-state index is 13.0. The van der Waals surface area contributed by atoms with E-state index in [1.807, 2.05) is 17.0 Å². The van der Waals surface area contributed by atoms with E-state index in [0.717, 1.165) is 18.5 Å². The smallest absolute Gasteiger partial charge is 0.228 e. The molecule has 0 N–H and O–H groups in total. The number of pyridine rings is 1. The summed E-state index contributed by atoms with van der Waals surface area (Å²) in [6, 6.07) is 3.85. The molecular weight excluding hydrogens is 309 g/mol. The molecule has 1 saturated carbocycles. The number of aromatic nitrogens is 1. The van der Waals surface area contributed by atoms with E-state index in [-0.39, 0.29) is 29.6 Å². The van der Waals surface area contributed by atoms with Crippen LogP contribution < -0.4 is 0 Å². The summed E-state index contributed by atoms with van der Waals surface area (Å²) in [7, 11) is 0. The van der Waals surface area contributed by atoms with Gasteiger partial charge in [0.05, 0.1) is 5.92 Å². The first-order valence-electron chi connectivity index (χ1n) is 8.72. The molecule has 3 fully saturated rings. The molecular formula is C18H22FN3O2. The normalized spacial score (nSPS) is 32.5. The Bertz CT molecular complexity index is 632. The molecule has 5 nitrogen and oxygen atoms in total. The van der Waals surface area contributed by atoms with Gasteiger partial charge < -0.3 is 9.80 Å². The third-order valence-electron chi connectivity index (χ3n) is 5.68. The number of piperidine rings is 1. The summed E-state index contributed by atoms with van der Waals surface area (Å²) in [6.45, 7) is 2.46. The highest BCUT2D eigenvalue weighted by molar-refractivity contribution is 5.84. The molecule has 0 aromatic carbocycles. The standard InChI is InChI=1S/C18H22FN3O2/c19-15-6-14(7-15)17(23)22-10-13-3-5-21(18(24)16(13)11-22)9-12-2-1-4-20-8-12/h1-2,4,8,13-16H,3,5-7,9-11H2. The zero-order valence-electron chi connectivity index (χ0n) is 13.6. The highest BCUT2D eigenvalue weighted by Crippen LogP contribution is 2.37. The summed E-state index contributed by atoms with van der Waals surface area (Å²) in [5.74, 6) is 0.183. The van der Waals surface area contributed by atoms with Crippen LogP contribution in [0.25, 0.3) is 0 Å². The Morgan fingerprint density at radius 2 is 2.17 bits per heavy atom. The fraction of sp³-hybridized carbons (Fsp3) is 0.611. The molecule has 128 valence electrons. The van der Waals surface area contributed by atoms with Crippen molar-refractivity contribution in [3.63, 3.8) is 0 Å². The zero-order valence-corrected chi connectivity index (χ0v) is 13.6. The molecule has 2 saturated heterocycles. The van der Waals surface area contributed by atoms with E-state index >= 15 is 0 Å². The highest BCUT2D eigenvalue weighted by atomic mass is 19.1. The van der Waals surface area contributed by atoms with Gasteiger partial charge in [-0.2, -0.15) is 0 Å². The second-order valence-electron chi connectivity index (χ2n) is 7.29. The first kappa shape index (κ1) is 15.5. The van der Waals surface area contributed by atoms with Gasteiger partial charge in [-0.05, 0) is 36.8 Å². The van der Waals surface area contributed by atoms with Crippen molar-refractivity contribution in [3.05, 3.63) is 30.1 Å². The Morgan fingerprint density at radius 1 is 1.33 bits per heavy atom. The second-order valence-corrected chi connectivity index (χ2v) is 7.29. The van der Waals surface area contributed by atoms with Gasteiger partial charge in [0.2, 0.25) is 11.8 Å². The lowest BCUT2D eigenvalue weighted by Gasteiger charge is -2.33. The number of likely N-dealkylation sites (tertiary alicyclic amines) is 2. The van der Waals surface area contributed by atoms with Crippen molar-refractivity contribution in [2.45, 2.75) is 32.0 Å². The zero-order chi connectivity index (χ0) is 16.7. The van der Waals surface area contributed by atoms with Crippen LogP contribution in [-0.4, -0.2) is 52.4 Å². The Balaban J connectivity index is 1.39. The number of hydrogen-bond acceptors (Lipinski definition) is 3. The van der Waals surface area contributed by atoms with E-state index < -0.39 is 6.17 Å². The minimum atomic E-state index is -0.819. The predicted molar refractivity (Wildman–Crippen MR) is 85.5 cm³/mol. The van der Waals surface area contributed by atoms with Crippen molar-refractivity contribution in [2.24, 2.45) is 17.8 Å². The lowest BCUT2D eigenvalue weighted by molar-refractivity contribution is -0.141. The van der Waals surface area contributed by atoms with E-state index in [2.05, 4.69) is 4.98 Å². The highest BCUT2D eigenvalue weighted by Gasteiger charge is 2.46. The number of rotatable bonds is 3. The van der Waals surface area contributed by atoms with Crippen molar-refractivity contribution in [3.8, 4) is 0 Å². The maximum atomic E-state index is 13.0. The lowest BCUT2D eigenvalue weighted by Crippen LogP contribution is -2.45. The van der Waals surface area contributed by atoms with Gasteiger partial charge in [-0.1, -0.05) is 6.07 Å². The Kier molecular flexibility index (Phi) is 3.98. The van der Waals surface area contributed by atoms with Gasteiger partial charge in [0.1, 0.15) is 6.17 Å². The fourth-order valence-electron chi connectivity index (χ4n) is 4.17. The van der Waals surface area contributed by atoms with Gasteiger partial charge in [-0.3, -0.25) is 14.6 Å². The molecule has 2 unspecified atom stereocenters. The van der Waals surface area contributed by atoms with Crippen LogP contribution in [0.4, 0.5) is 4.39 Å². The van der Waals surface area contributed by atoms with E-state index in [4.69, 9.17) is 0 Å². The van der Waals surface area contributed by atoms with Crippen LogP contribution in [0, 0.1) is 17.8 Å². The Labute approximate surface area is 140 Å². The predicted octanol–water partition coefficient (Wildman–Crippen LogP) is 1.64. The molecule has 0 radical (unpaired) electrons. The summed E-state index contributed by atoms with van der Waals surface area (Å²) in [5, 5.41) is 0. The van der Waals surface area contributed by atoms with E-state index in [1.165, 1.54) is 0 Å². The number of nitrogens with zero attached hydrogens (tertiary/aromatic N) is 3. The maximum Gasteiger partial charge on any atom is 0.228 e. The lowest BCUT2D eigenvalue weighted by atomic mass is 9.82. The summed E-state index contributed by atoms with van der Waals surface area (Å²) >= 11 is 0. The topological polar surface area (TPSA) is 53.5 Å². The van der Waals surface area contributed by atoms with Crippen LogP contribution in [0.1, 0.15) is 24.8 Å². The SMILES string of the molecule is O=C(C1CC(F)C1)N1CC2CCN(Cc3cccnc3)C(=O)C2C1. The van der Waals surface area contributed by atoms with Gasteiger partial charge in [0.25, 0.3) is 0 Å². The average Bonchev–Trinajstić information content (AvgIpc) is 3.00. The molecule has 24 heavy (non-hydrogen) atoms. The van der Waals surface area contributed by atoms with Gasteiger partial charge in [-0.25, -0.2) is 4.39 Å². The summed E-state index contributed by atoms with van der Waals surface area (Å²) in [5.41, 5.74) is 1.03. The first-order chi connectivity index (χ1) is 11.6. The van der Waals surface area contributed by atoms with E-state index in [1.54, 1.807) is 17.3 Å². The molecule has 1 aromatic heterocycles. The summed E-state index contributed by atoms with van der Waals surface area (Å²) < 4.78 is 13.0. The molecule has 1 aliphatic carbocycles. The largest absolute Gasteiger partial charge is 0.341 e. The number of hydrogen-bond donors (Lipinski definition) is 0. The van der Waals surface area contributed by atoms with Crippen LogP contribution in [-0.2, 0) is 16.1 Å².